The molecule has 2 amide bonds. The molecule has 5 rings (SSSR count). The molecule has 1 aromatic heterocycles. The van der Waals surface area contributed by atoms with Gasteiger partial charge in [0.15, 0.2) is 0 Å². The van der Waals surface area contributed by atoms with Crippen molar-refractivity contribution in [2.75, 3.05) is 20.1 Å². The largest absolute Gasteiger partial charge is 0.387 e. The lowest BCUT2D eigenvalue weighted by Crippen LogP contribution is -2.41. The van der Waals surface area contributed by atoms with E-state index in [-0.39, 0.29) is 24.4 Å². The summed E-state index contributed by atoms with van der Waals surface area (Å²) >= 11 is 1.54. The molecule has 8 heteroatoms. The molecule has 5 aromatic rings. The third-order valence-corrected chi connectivity index (χ3v) is 9.02. The number of aromatic nitrogens is 1. The summed E-state index contributed by atoms with van der Waals surface area (Å²) in [5.74, 6) is -0.950. The molecule has 4 aromatic carbocycles. The molecule has 0 spiro atoms. The fourth-order valence-electron chi connectivity index (χ4n) is 5.42. The van der Waals surface area contributed by atoms with Gasteiger partial charge in [0, 0.05) is 41.6 Å². The van der Waals surface area contributed by atoms with E-state index in [0.717, 1.165) is 33.0 Å². The van der Waals surface area contributed by atoms with E-state index in [2.05, 4.69) is 4.90 Å². The fourth-order valence-corrected chi connectivity index (χ4v) is 6.24. The maximum Gasteiger partial charge on any atom is 0.254 e. The number of amides is 2. The fraction of sp³-hybridized carbons (Fsp3) is 0.216. The van der Waals surface area contributed by atoms with Crippen LogP contribution in [0.4, 0.5) is 0 Å². The zero-order chi connectivity index (χ0) is 31.8. The SMILES string of the molecule is CC(C(O)c1ccccc1)N(C)Cc1csc(-c2ccc(C(=O)N(CC(N)=O)CC(c3ccccc3)c3ccccc3)cc2)n1. The van der Waals surface area contributed by atoms with Crippen LogP contribution in [0, 0.1) is 0 Å². The molecule has 3 N–H and O–H groups in total. The first kappa shape index (κ1) is 31.8. The van der Waals surface area contributed by atoms with E-state index in [1.54, 1.807) is 12.1 Å². The van der Waals surface area contributed by atoms with Crippen LogP contribution in [0.15, 0.2) is 121 Å². The van der Waals surface area contributed by atoms with E-state index in [4.69, 9.17) is 10.7 Å². The zero-order valence-corrected chi connectivity index (χ0v) is 26.3. The van der Waals surface area contributed by atoms with Crippen LogP contribution in [-0.4, -0.2) is 57.9 Å². The third kappa shape index (κ3) is 8.10. The number of benzene rings is 4. The molecule has 0 bridgehead atoms. The highest BCUT2D eigenvalue weighted by Crippen LogP contribution is 2.29. The van der Waals surface area contributed by atoms with Crippen molar-refractivity contribution in [2.45, 2.75) is 31.5 Å². The first-order chi connectivity index (χ1) is 21.8. The topological polar surface area (TPSA) is 99.8 Å². The quantitative estimate of drug-likeness (QED) is 0.166. The number of nitrogens with zero attached hydrogens (tertiary/aromatic N) is 3. The summed E-state index contributed by atoms with van der Waals surface area (Å²) in [6.45, 7) is 2.71. The number of carbonyl (C=O) groups excluding carboxylic acids is 2. The second kappa shape index (κ2) is 14.9. The summed E-state index contributed by atoms with van der Waals surface area (Å²) in [5.41, 5.74) is 10.9. The average Bonchev–Trinajstić information content (AvgIpc) is 3.55. The van der Waals surface area contributed by atoms with Crippen LogP contribution in [0.1, 0.15) is 51.7 Å². The molecule has 0 fully saturated rings. The highest BCUT2D eigenvalue weighted by atomic mass is 32.1. The lowest BCUT2D eigenvalue weighted by atomic mass is 9.90. The number of aliphatic hydroxyl groups is 1. The molecule has 0 radical (unpaired) electrons. The number of carbonyl (C=O) groups is 2. The highest BCUT2D eigenvalue weighted by molar-refractivity contribution is 7.13. The van der Waals surface area contributed by atoms with E-state index in [0.29, 0.717) is 18.7 Å². The van der Waals surface area contributed by atoms with Gasteiger partial charge in [-0.15, -0.1) is 11.3 Å². The Morgan fingerprint density at radius 3 is 1.89 bits per heavy atom. The van der Waals surface area contributed by atoms with Gasteiger partial charge in [-0.1, -0.05) is 103 Å². The monoisotopic (exact) mass is 618 g/mol. The van der Waals surface area contributed by atoms with Crippen LogP contribution >= 0.6 is 11.3 Å². The summed E-state index contributed by atoms with van der Waals surface area (Å²) in [5, 5.41) is 13.7. The molecule has 230 valence electrons. The minimum Gasteiger partial charge on any atom is -0.387 e. The Morgan fingerprint density at radius 2 is 1.36 bits per heavy atom. The molecule has 0 saturated carbocycles. The molecule has 0 saturated heterocycles. The molecule has 0 aliphatic rings. The molecule has 2 unspecified atom stereocenters. The second-order valence-electron chi connectivity index (χ2n) is 11.3. The van der Waals surface area contributed by atoms with Crippen LogP contribution in [0.25, 0.3) is 10.6 Å². The van der Waals surface area contributed by atoms with Crippen LogP contribution < -0.4 is 5.73 Å². The van der Waals surface area contributed by atoms with Gasteiger partial charge in [0.1, 0.15) is 5.01 Å². The Labute approximate surface area is 268 Å². The molecule has 7 nitrogen and oxygen atoms in total. The summed E-state index contributed by atoms with van der Waals surface area (Å²) in [7, 11) is 1.98. The highest BCUT2D eigenvalue weighted by Gasteiger charge is 2.25. The van der Waals surface area contributed by atoms with Crippen LogP contribution in [0.2, 0.25) is 0 Å². The molecule has 45 heavy (non-hydrogen) atoms. The van der Waals surface area contributed by atoms with Crippen molar-refractivity contribution in [2.24, 2.45) is 5.73 Å². The van der Waals surface area contributed by atoms with E-state index in [9.17, 15) is 14.7 Å². The van der Waals surface area contributed by atoms with Gasteiger partial charge in [0.05, 0.1) is 18.3 Å². The molecular formula is C37H38N4O3S. The first-order valence-electron chi connectivity index (χ1n) is 15.0. The van der Waals surface area contributed by atoms with Gasteiger partial charge in [-0.25, -0.2) is 4.98 Å². The van der Waals surface area contributed by atoms with E-state index in [1.807, 2.05) is 122 Å². The Kier molecular flexibility index (Phi) is 10.5. The number of hydrogen-bond donors (Lipinski definition) is 2. The summed E-state index contributed by atoms with van der Waals surface area (Å²) in [6, 6.07) is 36.8. The van der Waals surface area contributed by atoms with Gasteiger partial charge in [-0.2, -0.15) is 0 Å². The second-order valence-corrected chi connectivity index (χ2v) is 12.1. The maximum atomic E-state index is 13.8. The van der Waals surface area contributed by atoms with Gasteiger partial charge >= 0.3 is 0 Å². The van der Waals surface area contributed by atoms with Crippen molar-refractivity contribution in [3.05, 3.63) is 149 Å². The van der Waals surface area contributed by atoms with E-state index >= 15 is 0 Å². The summed E-state index contributed by atoms with van der Waals surface area (Å²) in [6.07, 6.45) is -0.607. The smallest absolute Gasteiger partial charge is 0.254 e. The minimum absolute atomic E-state index is 0.102. The molecule has 0 aliphatic carbocycles. The number of thiazole rings is 1. The van der Waals surface area contributed by atoms with Gasteiger partial charge < -0.3 is 15.7 Å². The van der Waals surface area contributed by atoms with Crippen LogP contribution in [0.5, 0.6) is 0 Å². The number of hydrogen-bond acceptors (Lipinski definition) is 6. The molecule has 0 aliphatic heterocycles. The Balaban J connectivity index is 1.29. The number of likely N-dealkylation sites (N-methyl/N-ethyl adjacent to an activating group) is 1. The van der Waals surface area contributed by atoms with E-state index in [1.165, 1.54) is 16.2 Å². The maximum absolute atomic E-state index is 13.8. The minimum atomic E-state index is -0.607. The lowest BCUT2D eigenvalue weighted by molar-refractivity contribution is -0.118. The van der Waals surface area contributed by atoms with E-state index < -0.39 is 12.0 Å². The predicted molar refractivity (Wildman–Crippen MR) is 180 cm³/mol. The normalized spacial score (nSPS) is 12.6. The Bertz CT molecular complexity index is 1640. The van der Waals surface area contributed by atoms with Crippen molar-refractivity contribution in [3.63, 3.8) is 0 Å². The van der Waals surface area contributed by atoms with Crippen molar-refractivity contribution in [3.8, 4) is 10.6 Å². The van der Waals surface area contributed by atoms with Gasteiger partial charge in [0.25, 0.3) is 5.91 Å². The predicted octanol–water partition coefficient (Wildman–Crippen LogP) is 6.12. The number of primary amides is 1. The zero-order valence-electron chi connectivity index (χ0n) is 25.5. The summed E-state index contributed by atoms with van der Waals surface area (Å²) < 4.78 is 0. The first-order valence-corrected chi connectivity index (χ1v) is 15.8. The third-order valence-electron chi connectivity index (χ3n) is 8.08. The van der Waals surface area contributed by atoms with Gasteiger partial charge in [-0.3, -0.25) is 14.5 Å². The van der Waals surface area contributed by atoms with Crippen molar-refractivity contribution in [1.82, 2.24) is 14.8 Å². The number of nitrogens with two attached hydrogens (primary N) is 1. The Hall–Kier alpha value is -4.63. The average molecular weight is 619 g/mol. The molecular weight excluding hydrogens is 580 g/mol. The van der Waals surface area contributed by atoms with Crippen molar-refractivity contribution < 1.29 is 14.7 Å². The standard InChI is InChI=1S/C37H38N4O3S/c1-26(35(43)29-16-10-5-11-17-29)40(2)22-32-25-45-36(39-32)30-18-20-31(21-19-30)37(44)41(24-34(38)42)23-33(27-12-6-3-7-13-27)28-14-8-4-9-15-28/h3-21,25-26,33,35,43H,22-24H2,1-2H3,(H2,38,42). The summed E-state index contributed by atoms with van der Waals surface area (Å²) in [4.78, 5) is 34.3. The molecule has 2 atom stereocenters. The van der Waals surface area contributed by atoms with Crippen LogP contribution in [0.3, 0.4) is 0 Å². The van der Waals surface area contributed by atoms with Crippen molar-refractivity contribution >= 4 is 23.2 Å². The van der Waals surface area contributed by atoms with Gasteiger partial charge in [0.2, 0.25) is 5.91 Å². The number of rotatable bonds is 13. The van der Waals surface area contributed by atoms with Gasteiger partial charge in [-0.05, 0) is 42.8 Å². The van der Waals surface area contributed by atoms with Crippen LogP contribution in [-0.2, 0) is 11.3 Å². The molecule has 1 heterocycles. The number of aliphatic hydroxyl groups excluding tert-OH is 1. The Morgan fingerprint density at radius 1 is 0.822 bits per heavy atom. The van der Waals surface area contributed by atoms with Crippen molar-refractivity contribution in [1.29, 1.82) is 0 Å². The lowest BCUT2D eigenvalue weighted by Gasteiger charge is -2.28.